The summed E-state index contributed by atoms with van der Waals surface area (Å²) in [5, 5.41) is 2.98. The van der Waals surface area contributed by atoms with Crippen molar-refractivity contribution in [1.29, 1.82) is 0 Å². The SMILES string of the molecule is CCC1CN(C(=O)Nc2cc(C)ccc2OC)c2cc(C)ccc2O1. The van der Waals surface area contributed by atoms with E-state index in [4.69, 9.17) is 9.47 Å². The van der Waals surface area contributed by atoms with Crippen LogP contribution in [0.15, 0.2) is 36.4 Å². The fourth-order valence-electron chi connectivity index (χ4n) is 2.96. The topological polar surface area (TPSA) is 50.8 Å². The van der Waals surface area contributed by atoms with E-state index in [-0.39, 0.29) is 12.1 Å². The van der Waals surface area contributed by atoms with Crippen molar-refractivity contribution in [2.75, 3.05) is 23.9 Å². The highest BCUT2D eigenvalue weighted by atomic mass is 16.5. The minimum Gasteiger partial charge on any atom is -0.495 e. The van der Waals surface area contributed by atoms with E-state index in [0.717, 1.165) is 29.0 Å². The summed E-state index contributed by atoms with van der Waals surface area (Å²) in [6.45, 7) is 6.57. The average molecular weight is 340 g/mol. The number of benzene rings is 2. The molecule has 0 bridgehead atoms. The predicted molar refractivity (Wildman–Crippen MR) is 100.0 cm³/mol. The van der Waals surface area contributed by atoms with E-state index < -0.39 is 0 Å². The molecule has 132 valence electrons. The maximum Gasteiger partial charge on any atom is 0.326 e. The molecule has 25 heavy (non-hydrogen) atoms. The van der Waals surface area contributed by atoms with E-state index in [2.05, 4.69) is 12.2 Å². The highest BCUT2D eigenvalue weighted by Gasteiger charge is 2.29. The molecule has 1 heterocycles. The van der Waals surface area contributed by atoms with Crippen LogP contribution >= 0.6 is 0 Å². The number of ether oxygens (including phenoxy) is 2. The molecule has 1 aliphatic rings. The Hall–Kier alpha value is -2.69. The highest BCUT2D eigenvalue weighted by Crippen LogP contribution is 2.36. The summed E-state index contributed by atoms with van der Waals surface area (Å²) in [6.07, 6.45) is 0.825. The molecule has 0 spiro atoms. The van der Waals surface area contributed by atoms with Gasteiger partial charge in [0.05, 0.1) is 25.0 Å². The Labute approximate surface area is 148 Å². The number of hydrogen-bond acceptors (Lipinski definition) is 3. The van der Waals surface area contributed by atoms with Gasteiger partial charge in [-0.1, -0.05) is 19.1 Å². The first-order chi connectivity index (χ1) is 12.0. The van der Waals surface area contributed by atoms with Gasteiger partial charge in [0.25, 0.3) is 0 Å². The van der Waals surface area contributed by atoms with Crippen molar-refractivity contribution in [2.24, 2.45) is 0 Å². The smallest absolute Gasteiger partial charge is 0.326 e. The number of carbonyl (C=O) groups excluding carboxylic acids is 1. The van der Waals surface area contributed by atoms with E-state index in [0.29, 0.717) is 18.0 Å². The van der Waals surface area contributed by atoms with Crippen LogP contribution in [-0.2, 0) is 0 Å². The van der Waals surface area contributed by atoms with Gasteiger partial charge in [0.1, 0.15) is 17.6 Å². The maximum atomic E-state index is 13.0. The Morgan fingerprint density at radius 1 is 1.24 bits per heavy atom. The van der Waals surface area contributed by atoms with Crippen LogP contribution in [0.4, 0.5) is 16.2 Å². The summed E-state index contributed by atoms with van der Waals surface area (Å²) in [7, 11) is 1.60. The van der Waals surface area contributed by atoms with E-state index in [1.165, 1.54) is 0 Å². The normalized spacial score (nSPS) is 16.0. The van der Waals surface area contributed by atoms with Crippen molar-refractivity contribution in [3.05, 3.63) is 47.5 Å². The third-order valence-electron chi connectivity index (χ3n) is 4.38. The lowest BCUT2D eigenvalue weighted by Gasteiger charge is -2.34. The van der Waals surface area contributed by atoms with Gasteiger partial charge in [-0.25, -0.2) is 4.79 Å². The number of carbonyl (C=O) groups is 1. The van der Waals surface area contributed by atoms with Crippen molar-refractivity contribution < 1.29 is 14.3 Å². The van der Waals surface area contributed by atoms with Crippen LogP contribution in [0.3, 0.4) is 0 Å². The van der Waals surface area contributed by atoms with E-state index in [1.807, 2.05) is 50.2 Å². The van der Waals surface area contributed by atoms with Gasteiger partial charge in [0.2, 0.25) is 0 Å². The highest BCUT2D eigenvalue weighted by molar-refractivity contribution is 6.04. The second kappa shape index (κ2) is 7.05. The number of hydrogen-bond donors (Lipinski definition) is 1. The standard InChI is InChI=1S/C20H24N2O3/c1-5-15-12-22(17-11-14(3)7-9-19(17)25-15)20(23)21-16-10-13(2)6-8-18(16)24-4/h6-11,15H,5,12H2,1-4H3,(H,21,23). The van der Waals surface area contributed by atoms with Gasteiger partial charge in [-0.15, -0.1) is 0 Å². The quantitative estimate of drug-likeness (QED) is 0.893. The molecule has 0 aromatic heterocycles. The van der Waals surface area contributed by atoms with Crippen molar-refractivity contribution >= 4 is 17.4 Å². The molecule has 0 aliphatic carbocycles. The number of fused-ring (bicyclic) bond motifs is 1. The molecule has 0 saturated carbocycles. The number of amides is 2. The third kappa shape index (κ3) is 3.55. The van der Waals surface area contributed by atoms with Gasteiger partial charge in [-0.3, -0.25) is 4.90 Å². The van der Waals surface area contributed by atoms with Gasteiger partial charge in [0.15, 0.2) is 0 Å². The fraction of sp³-hybridized carbons (Fsp3) is 0.350. The van der Waals surface area contributed by atoms with Gasteiger partial charge in [0, 0.05) is 0 Å². The summed E-state index contributed by atoms with van der Waals surface area (Å²) in [6, 6.07) is 11.4. The molecule has 0 fully saturated rings. The second-order valence-electron chi connectivity index (χ2n) is 6.36. The van der Waals surface area contributed by atoms with Gasteiger partial charge < -0.3 is 14.8 Å². The molecule has 2 amide bonds. The predicted octanol–water partition coefficient (Wildman–Crippen LogP) is 4.52. The molecule has 2 aromatic rings. The molecule has 1 unspecified atom stereocenters. The third-order valence-corrected chi connectivity index (χ3v) is 4.38. The number of methoxy groups -OCH3 is 1. The zero-order valence-electron chi connectivity index (χ0n) is 15.1. The van der Waals surface area contributed by atoms with Crippen molar-refractivity contribution in [3.63, 3.8) is 0 Å². The number of aryl methyl sites for hydroxylation is 2. The second-order valence-corrected chi connectivity index (χ2v) is 6.36. The number of anilines is 2. The first-order valence-corrected chi connectivity index (χ1v) is 8.52. The summed E-state index contributed by atoms with van der Waals surface area (Å²) < 4.78 is 11.3. The van der Waals surface area contributed by atoms with Crippen LogP contribution in [0.5, 0.6) is 11.5 Å². The number of rotatable bonds is 3. The molecule has 1 aliphatic heterocycles. The first-order valence-electron chi connectivity index (χ1n) is 8.52. The Morgan fingerprint density at radius 2 is 1.96 bits per heavy atom. The van der Waals surface area contributed by atoms with Crippen LogP contribution in [0.2, 0.25) is 0 Å². The lowest BCUT2D eigenvalue weighted by molar-refractivity contribution is 0.188. The number of nitrogens with one attached hydrogen (secondary N) is 1. The maximum absolute atomic E-state index is 13.0. The van der Waals surface area contributed by atoms with E-state index in [1.54, 1.807) is 12.0 Å². The average Bonchev–Trinajstić information content (AvgIpc) is 2.61. The Kier molecular flexibility index (Phi) is 4.83. The molecule has 3 rings (SSSR count). The van der Waals surface area contributed by atoms with E-state index >= 15 is 0 Å². The molecular formula is C20H24N2O3. The molecule has 2 aromatic carbocycles. The van der Waals surface area contributed by atoms with Gasteiger partial charge in [-0.2, -0.15) is 0 Å². The van der Waals surface area contributed by atoms with Crippen LogP contribution < -0.4 is 19.7 Å². The molecule has 1 N–H and O–H groups in total. The lowest BCUT2D eigenvalue weighted by Crippen LogP contribution is -2.45. The molecule has 0 radical (unpaired) electrons. The monoisotopic (exact) mass is 340 g/mol. The Morgan fingerprint density at radius 3 is 2.68 bits per heavy atom. The fourth-order valence-corrected chi connectivity index (χ4v) is 2.96. The Bertz CT molecular complexity index is 789. The molecule has 5 heteroatoms. The molecule has 1 atom stereocenters. The lowest BCUT2D eigenvalue weighted by atomic mass is 10.1. The first kappa shape index (κ1) is 17.1. The van der Waals surface area contributed by atoms with Gasteiger partial charge >= 0.3 is 6.03 Å². The zero-order valence-corrected chi connectivity index (χ0v) is 15.1. The van der Waals surface area contributed by atoms with Crippen molar-refractivity contribution in [2.45, 2.75) is 33.3 Å². The van der Waals surface area contributed by atoms with Crippen LogP contribution in [0, 0.1) is 13.8 Å². The summed E-state index contributed by atoms with van der Waals surface area (Å²) in [5.41, 5.74) is 3.61. The van der Waals surface area contributed by atoms with Crippen LogP contribution in [0.1, 0.15) is 24.5 Å². The minimum absolute atomic E-state index is 0.0136. The van der Waals surface area contributed by atoms with Crippen molar-refractivity contribution in [1.82, 2.24) is 0 Å². The van der Waals surface area contributed by atoms with Gasteiger partial charge in [-0.05, 0) is 55.7 Å². The number of urea groups is 1. The summed E-state index contributed by atoms with van der Waals surface area (Å²) in [4.78, 5) is 14.7. The van der Waals surface area contributed by atoms with Crippen LogP contribution in [0.25, 0.3) is 0 Å². The zero-order chi connectivity index (χ0) is 18.0. The molecular weight excluding hydrogens is 316 g/mol. The van der Waals surface area contributed by atoms with E-state index in [9.17, 15) is 4.79 Å². The number of nitrogens with zero attached hydrogens (tertiary/aromatic N) is 1. The Balaban J connectivity index is 1.92. The van der Waals surface area contributed by atoms with Crippen LogP contribution in [-0.4, -0.2) is 25.8 Å². The summed E-state index contributed by atoms with van der Waals surface area (Å²) in [5.74, 6) is 1.39. The minimum atomic E-state index is -0.183. The van der Waals surface area contributed by atoms with Crippen molar-refractivity contribution in [3.8, 4) is 11.5 Å². The largest absolute Gasteiger partial charge is 0.495 e. The molecule has 0 saturated heterocycles. The molecule has 5 nitrogen and oxygen atoms in total. The summed E-state index contributed by atoms with van der Waals surface area (Å²) >= 11 is 0.